The molecule has 4 bridgehead atoms. The third-order valence-corrected chi connectivity index (χ3v) is 10.4. The molecule has 2 heterocycles. The maximum atomic E-state index is 13.7. The van der Waals surface area contributed by atoms with Gasteiger partial charge in [0.05, 0.1) is 35.0 Å². The molecule has 36 heavy (non-hydrogen) atoms. The standard InChI is InChI=1S/C30H32N2O4/c1-29(2)10-8-15-12-19(29)23-21(15)25(33)31(27(23)35)17-6-5-7-18(14-17)32-26(34)22-16-9-11-30(3,4)20(13-16)24(22)28(32)36/h5-11,14-16,19-24H,12-13H2,1-4H3. The molecule has 6 nitrogen and oxygen atoms in total. The topological polar surface area (TPSA) is 74.8 Å². The second-order valence-corrected chi connectivity index (χ2v) is 13.0. The Morgan fingerprint density at radius 3 is 1.44 bits per heavy atom. The van der Waals surface area contributed by atoms with Gasteiger partial charge in [-0.3, -0.25) is 19.2 Å². The zero-order valence-corrected chi connectivity index (χ0v) is 21.2. The van der Waals surface area contributed by atoms with E-state index in [4.69, 9.17) is 0 Å². The third kappa shape index (κ3) is 2.63. The van der Waals surface area contributed by atoms with Crippen molar-refractivity contribution >= 4 is 35.0 Å². The molecule has 0 N–H and O–H groups in total. The lowest BCUT2D eigenvalue weighted by Crippen LogP contribution is -2.38. The summed E-state index contributed by atoms with van der Waals surface area (Å²) in [6.07, 6.45) is 10.3. The first-order valence-corrected chi connectivity index (χ1v) is 13.3. The smallest absolute Gasteiger partial charge is 0.238 e. The number of nitrogens with zero attached hydrogens (tertiary/aromatic N) is 2. The van der Waals surface area contributed by atoms with E-state index in [1.807, 2.05) is 0 Å². The van der Waals surface area contributed by atoms with E-state index in [0.717, 1.165) is 12.8 Å². The second kappa shape index (κ2) is 6.84. The molecule has 8 atom stereocenters. The zero-order chi connectivity index (χ0) is 25.3. The molecule has 6 heteroatoms. The molecule has 1 aromatic carbocycles. The van der Waals surface area contributed by atoms with Gasteiger partial charge in [0.1, 0.15) is 0 Å². The van der Waals surface area contributed by atoms with E-state index in [1.165, 1.54) is 9.80 Å². The highest BCUT2D eigenvalue weighted by Gasteiger charge is 2.63. The summed E-state index contributed by atoms with van der Waals surface area (Å²) in [4.78, 5) is 57.2. The molecule has 4 amide bonds. The Morgan fingerprint density at radius 2 is 1.03 bits per heavy atom. The third-order valence-electron chi connectivity index (χ3n) is 10.4. The van der Waals surface area contributed by atoms with Gasteiger partial charge in [-0.25, -0.2) is 9.80 Å². The van der Waals surface area contributed by atoms with Gasteiger partial charge in [0.15, 0.2) is 0 Å². The number of anilines is 2. The summed E-state index contributed by atoms with van der Waals surface area (Å²) in [6.45, 7) is 8.56. The molecule has 0 spiro atoms. The first kappa shape index (κ1) is 22.2. The second-order valence-electron chi connectivity index (χ2n) is 13.0. The van der Waals surface area contributed by atoms with E-state index in [1.54, 1.807) is 24.3 Å². The van der Waals surface area contributed by atoms with Crippen molar-refractivity contribution in [1.29, 1.82) is 0 Å². The molecular weight excluding hydrogens is 452 g/mol. The monoisotopic (exact) mass is 484 g/mol. The molecule has 6 aliphatic rings. The fraction of sp³-hybridized carbons (Fsp3) is 0.533. The lowest BCUT2D eigenvalue weighted by atomic mass is 9.71. The van der Waals surface area contributed by atoms with Gasteiger partial charge < -0.3 is 0 Å². The zero-order valence-electron chi connectivity index (χ0n) is 21.2. The number of allylic oxidation sites excluding steroid dienone is 4. The Bertz CT molecular complexity index is 1210. The van der Waals surface area contributed by atoms with Gasteiger partial charge in [0, 0.05) is 0 Å². The predicted octanol–water partition coefficient (Wildman–Crippen LogP) is 4.36. The van der Waals surface area contributed by atoms with Crippen LogP contribution in [0.2, 0.25) is 0 Å². The molecule has 0 radical (unpaired) electrons. The van der Waals surface area contributed by atoms with Crippen molar-refractivity contribution in [3.8, 4) is 0 Å². The fourth-order valence-electron chi connectivity index (χ4n) is 8.54. The highest BCUT2D eigenvalue weighted by atomic mass is 16.2. The van der Waals surface area contributed by atoms with Crippen molar-refractivity contribution in [3.05, 3.63) is 48.6 Å². The predicted molar refractivity (Wildman–Crippen MR) is 134 cm³/mol. The average Bonchev–Trinajstić information content (AvgIpc) is 3.49. The van der Waals surface area contributed by atoms with Crippen LogP contribution in [-0.4, -0.2) is 23.6 Å². The van der Waals surface area contributed by atoms with Crippen LogP contribution in [-0.2, 0) is 19.2 Å². The van der Waals surface area contributed by atoms with Gasteiger partial charge in [0.25, 0.3) is 0 Å². The summed E-state index contributed by atoms with van der Waals surface area (Å²) in [5.74, 6) is -1.45. The van der Waals surface area contributed by atoms with Crippen molar-refractivity contribution in [1.82, 2.24) is 0 Å². The molecule has 7 rings (SSSR count). The van der Waals surface area contributed by atoms with Crippen LogP contribution in [0.1, 0.15) is 40.5 Å². The summed E-state index contributed by atoms with van der Waals surface area (Å²) < 4.78 is 0. The summed E-state index contributed by atoms with van der Waals surface area (Å²) in [7, 11) is 0. The van der Waals surface area contributed by atoms with Crippen LogP contribution in [0.4, 0.5) is 11.4 Å². The van der Waals surface area contributed by atoms with E-state index in [-0.39, 0.29) is 81.8 Å². The molecule has 1 aromatic rings. The van der Waals surface area contributed by atoms with Crippen molar-refractivity contribution < 1.29 is 19.2 Å². The summed E-state index contributed by atoms with van der Waals surface area (Å²) in [6, 6.07) is 6.90. The molecule has 8 unspecified atom stereocenters. The first-order valence-electron chi connectivity index (χ1n) is 13.3. The Labute approximate surface area is 211 Å². The minimum absolute atomic E-state index is 0.0922. The average molecular weight is 485 g/mol. The Balaban J connectivity index is 1.23. The lowest BCUT2D eigenvalue weighted by Gasteiger charge is -2.34. The molecule has 2 saturated carbocycles. The number of imide groups is 2. The van der Waals surface area contributed by atoms with Crippen LogP contribution >= 0.6 is 0 Å². The first-order chi connectivity index (χ1) is 17.0. The van der Waals surface area contributed by atoms with Gasteiger partial charge in [0.2, 0.25) is 23.6 Å². The number of carbonyl (C=O) groups excluding carboxylic acids is 4. The summed E-state index contributed by atoms with van der Waals surface area (Å²) in [5.41, 5.74) is 0.650. The van der Waals surface area contributed by atoms with Crippen LogP contribution in [0.25, 0.3) is 0 Å². The van der Waals surface area contributed by atoms with Crippen LogP contribution in [0.3, 0.4) is 0 Å². The van der Waals surface area contributed by atoms with E-state index in [0.29, 0.717) is 11.4 Å². The number of fused-ring (bicyclic) bond motifs is 10. The highest BCUT2D eigenvalue weighted by Crippen LogP contribution is 2.59. The van der Waals surface area contributed by atoms with E-state index in [2.05, 4.69) is 52.0 Å². The van der Waals surface area contributed by atoms with Crippen molar-refractivity contribution in [2.24, 2.45) is 58.2 Å². The normalized spacial score (nSPS) is 40.9. The fourth-order valence-corrected chi connectivity index (χ4v) is 8.54. The van der Waals surface area contributed by atoms with Gasteiger partial charge in [-0.05, 0) is 65.5 Å². The van der Waals surface area contributed by atoms with Crippen LogP contribution in [0, 0.1) is 58.2 Å². The lowest BCUT2D eigenvalue weighted by molar-refractivity contribution is -0.125. The number of rotatable bonds is 2. The van der Waals surface area contributed by atoms with E-state index in [9.17, 15) is 19.2 Å². The Hall–Kier alpha value is -3.02. The minimum Gasteiger partial charge on any atom is -0.274 e. The van der Waals surface area contributed by atoms with Gasteiger partial charge in [-0.1, -0.05) is 58.1 Å². The summed E-state index contributed by atoms with van der Waals surface area (Å²) in [5, 5.41) is 0. The van der Waals surface area contributed by atoms with E-state index >= 15 is 0 Å². The largest absolute Gasteiger partial charge is 0.274 e. The number of hydrogen-bond acceptors (Lipinski definition) is 4. The molecule has 2 aliphatic heterocycles. The van der Waals surface area contributed by atoms with Gasteiger partial charge in [-0.2, -0.15) is 0 Å². The summed E-state index contributed by atoms with van der Waals surface area (Å²) >= 11 is 0. The van der Waals surface area contributed by atoms with Gasteiger partial charge >= 0.3 is 0 Å². The number of benzene rings is 1. The number of carbonyl (C=O) groups is 4. The van der Waals surface area contributed by atoms with Gasteiger partial charge in [-0.15, -0.1) is 0 Å². The van der Waals surface area contributed by atoms with E-state index < -0.39 is 0 Å². The Morgan fingerprint density at radius 1 is 0.639 bits per heavy atom. The van der Waals surface area contributed by atoms with Crippen molar-refractivity contribution in [2.75, 3.05) is 9.80 Å². The highest BCUT2D eigenvalue weighted by molar-refractivity contribution is 6.25. The molecular formula is C30H32N2O4. The Kier molecular flexibility index (Phi) is 4.22. The molecule has 186 valence electrons. The molecule has 4 fully saturated rings. The molecule has 4 aliphatic carbocycles. The number of hydrogen-bond donors (Lipinski definition) is 0. The minimum atomic E-state index is -0.327. The SMILES string of the molecule is CC1(C)C=CC2CC1C1C(=O)N(c3cccc(N4C(=O)C5C6C=CC(C)(C)C(C6)C5C4=O)c3)C(=O)C21. The maximum absolute atomic E-state index is 13.7. The molecule has 0 aromatic heterocycles. The van der Waals surface area contributed by atoms with Crippen LogP contribution in [0.5, 0.6) is 0 Å². The van der Waals surface area contributed by atoms with Crippen molar-refractivity contribution in [3.63, 3.8) is 0 Å². The quantitative estimate of drug-likeness (QED) is 0.462. The van der Waals surface area contributed by atoms with Crippen LogP contribution in [0.15, 0.2) is 48.6 Å². The van der Waals surface area contributed by atoms with Crippen molar-refractivity contribution in [2.45, 2.75) is 40.5 Å². The molecule has 2 saturated heterocycles. The maximum Gasteiger partial charge on any atom is 0.238 e. The number of amides is 4. The van der Waals surface area contributed by atoms with Crippen LogP contribution < -0.4 is 9.80 Å².